The first-order valence-corrected chi connectivity index (χ1v) is 6.31. The fraction of sp³-hybridized carbons (Fsp3) is 0.500. The molecule has 0 bridgehead atoms. The molecule has 82 valence electrons. The number of nitrogens with two attached hydrogens (primary N) is 1. The van der Waals surface area contributed by atoms with Crippen LogP contribution in [0.5, 0.6) is 5.75 Å². The average molecular weight is 223 g/mol. The maximum absolute atomic E-state index is 5.75. The number of hydrogen-bond acceptors (Lipinski definition) is 3. The van der Waals surface area contributed by atoms with E-state index in [0.717, 1.165) is 30.4 Å². The Balaban J connectivity index is 1.87. The highest BCUT2D eigenvalue weighted by molar-refractivity contribution is 8.00. The van der Waals surface area contributed by atoms with E-state index in [9.17, 15) is 0 Å². The van der Waals surface area contributed by atoms with E-state index in [2.05, 4.69) is 12.1 Å². The molecule has 15 heavy (non-hydrogen) atoms. The summed E-state index contributed by atoms with van der Waals surface area (Å²) in [4.78, 5) is 1.32. The van der Waals surface area contributed by atoms with Crippen LogP contribution in [0.4, 0.5) is 0 Å². The van der Waals surface area contributed by atoms with Gasteiger partial charge in [0.2, 0.25) is 0 Å². The fourth-order valence-electron chi connectivity index (χ4n) is 1.68. The lowest BCUT2D eigenvalue weighted by Gasteiger charge is -2.31. The molecule has 2 nitrogen and oxygen atoms in total. The Hall–Kier alpha value is -0.670. The second-order valence-corrected chi connectivity index (χ2v) is 5.25. The third-order valence-corrected chi connectivity index (χ3v) is 3.83. The third-order valence-electron chi connectivity index (χ3n) is 2.57. The molecule has 2 rings (SSSR count). The zero-order chi connectivity index (χ0) is 10.7. The van der Waals surface area contributed by atoms with E-state index in [1.54, 1.807) is 0 Å². The number of thioether (sulfide) groups is 1. The summed E-state index contributed by atoms with van der Waals surface area (Å²) < 4.78 is 5.39. The van der Waals surface area contributed by atoms with E-state index in [0.29, 0.717) is 6.04 Å². The largest absolute Gasteiger partial charge is 0.494 e. The summed E-state index contributed by atoms with van der Waals surface area (Å²) in [5.41, 5.74) is 5.75. The van der Waals surface area contributed by atoms with Crippen molar-refractivity contribution in [3.63, 3.8) is 0 Å². The van der Waals surface area contributed by atoms with Crippen LogP contribution >= 0.6 is 11.8 Å². The van der Waals surface area contributed by atoms with Gasteiger partial charge < -0.3 is 10.5 Å². The van der Waals surface area contributed by atoms with Crippen LogP contribution in [0.15, 0.2) is 29.2 Å². The molecule has 0 radical (unpaired) electrons. The van der Waals surface area contributed by atoms with E-state index in [-0.39, 0.29) is 0 Å². The van der Waals surface area contributed by atoms with Crippen LogP contribution < -0.4 is 10.5 Å². The van der Waals surface area contributed by atoms with Gasteiger partial charge in [-0.05, 0) is 44.0 Å². The smallest absolute Gasteiger partial charge is 0.119 e. The quantitative estimate of drug-likeness (QED) is 0.852. The number of rotatable bonds is 4. The lowest BCUT2D eigenvalue weighted by molar-refractivity contribution is 0.340. The number of benzene rings is 1. The van der Waals surface area contributed by atoms with E-state index in [1.165, 1.54) is 4.90 Å². The van der Waals surface area contributed by atoms with E-state index < -0.39 is 0 Å². The van der Waals surface area contributed by atoms with Crippen LogP contribution in [0, 0.1) is 0 Å². The second kappa shape index (κ2) is 4.90. The lowest BCUT2D eigenvalue weighted by Crippen LogP contribution is -2.38. The summed E-state index contributed by atoms with van der Waals surface area (Å²) in [5, 5.41) is 0.720. The molecule has 1 aliphatic carbocycles. The minimum atomic E-state index is 0.435. The highest BCUT2D eigenvalue weighted by Gasteiger charge is 2.26. The molecule has 0 saturated heterocycles. The maximum Gasteiger partial charge on any atom is 0.119 e. The van der Waals surface area contributed by atoms with Crippen molar-refractivity contribution in [2.24, 2.45) is 5.73 Å². The molecular weight excluding hydrogens is 206 g/mol. The first-order valence-electron chi connectivity index (χ1n) is 5.43. The predicted octanol–water partition coefficient (Wildman–Crippen LogP) is 2.67. The van der Waals surface area contributed by atoms with Crippen LogP contribution in [-0.4, -0.2) is 17.9 Å². The topological polar surface area (TPSA) is 35.2 Å². The zero-order valence-electron chi connectivity index (χ0n) is 8.98. The molecule has 1 saturated carbocycles. The van der Waals surface area contributed by atoms with Gasteiger partial charge in [-0.25, -0.2) is 0 Å². The van der Waals surface area contributed by atoms with Gasteiger partial charge in [0.05, 0.1) is 6.61 Å². The molecule has 1 aromatic carbocycles. The molecule has 1 fully saturated rings. The molecular formula is C12H17NOS. The molecule has 0 amide bonds. The van der Waals surface area contributed by atoms with Crippen molar-refractivity contribution in [3.05, 3.63) is 24.3 Å². The van der Waals surface area contributed by atoms with Gasteiger partial charge in [-0.1, -0.05) is 0 Å². The molecule has 0 heterocycles. The van der Waals surface area contributed by atoms with Gasteiger partial charge >= 0.3 is 0 Å². The van der Waals surface area contributed by atoms with Crippen molar-refractivity contribution >= 4 is 11.8 Å². The van der Waals surface area contributed by atoms with Gasteiger partial charge in [0.15, 0.2) is 0 Å². The van der Waals surface area contributed by atoms with E-state index in [4.69, 9.17) is 10.5 Å². The number of ether oxygens (including phenoxy) is 1. The van der Waals surface area contributed by atoms with Crippen molar-refractivity contribution in [2.75, 3.05) is 6.61 Å². The second-order valence-electron chi connectivity index (χ2n) is 3.88. The minimum Gasteiger partial charge on any atom is -0.494 e. The van der Waals surface area contributed by atoms with Crippen LogP contribution in [0.2, 0.25) is 0 Å². The standard InChI is InChI=1S/C12H17NOS/c1-2-14-10-3-5-11(6-4-10)15-12-7-9(13)8-12/h3-6,9,12H,2,7-8,13H2,1H3. The monoisotopic (exact) mass is 223 g/mol. The predicted molar refractivity (Wildman–Crippen MR) is 64.5 cm³/mol. The summed E-state index contributed by atoms with van der Waals surface area (Å²) in [6, 6.07) is 8.75. The molecule has 0 unspecified atom stereocenters. The summed E-state index contributed by atoms with van der Waals surface area (Å²) >= 11 is 1.93. The Morgan fingerprint density at radius 1 is 1.33 bits per heavy atom. The van der Waals surface area contributed by atoms with Crippen LogP contribution in [0.25, 0.3) is 0 Å². The van der Waals surface area contributed by atoms with Crippen molar-refractivity contribution in [1.29, 1.82) is 0 Å². The van der Waals surface area contributed by atoms with Gasteiger partial charge in [0.25, 0.3) is 0 Å². The first-order chi connectivity index (χ1) is 7.28. The SMILES string of the molecule is CCOc1ccc(SC2CC(N)C2)cc1. The van der Waals surface area contributed by atoms with Gasteiger partial charge in [-0.15, -0.1) is 11.8 Å². The Labute approximate surface area is 95.2 Å². The van der Waals surface area contributed by atoms with Crippen molar-refractivity contribution < 1.29 is 4.74 Å². The Kier molecular flexibility index (Phi) is 3.54. The summed E-state index contributed by atoms with van der Waals surface area (Å²) in [7, 11) is 0. The molecule has 3 heteroatoms. The lowest BCUT2D eigenvalue weighted by atomic mass is 9.94. The van der Waals surface area contributed by atoms with Gasteiger partial charge in [-0.2, -0.15) is 0 Å². The normalized spacial score (nSPS) is 24.7. The zero-order valence-corrected chi connectivity index (χ0v) is 9.80. The van der Waals surface area contributed by atoms with Crippen LogP contribution in [-0.2, 0) is 0 Å². The third kappa shape index (κ3) is 2.89. The summed E-state index contributed by atoms with van der Waals surface area (Å²) in [5.74, 6) is 0.951. The Morgan fingerprint density at radius 3 is 2.53 bits per heavy atom. The molecule has 2 N–H and O–H groups in total. The van der Waals surface area contributed by atoms with Crippen LogP contribution in [0.3, 0.4) is 0 Å². The molecule has 1 aliphatic rings. The van der Waals surface area contributed by atoms with Crippen molar-refractivity contribution in [2.45, 2.75) is 36.0 Å². The minimum absolute atomic E-state index is 0.435. The number of hydrogen-bond donors (Lipinski definition) is 1. The van der Waals surface area contributed by atoms with Gasteiger partial charge in [-0.3, -0.25) is 0 Å². The fourth-order valence-corrected chi connectivity index (χ4v) is 3.04. The Morgan fingerprint density at radius 2 is 2.00 bits per heavy atom. The first kappa shape index (κ1) is 10.8. The van der Waals surface area contributed by atoms with Crippen molar-refractivity contribution in [1.82, 2.24) is 0 Å². The Bertz CT molecular complexity index is 306. The molecule has 0 spiro atoms. The van der Waals surface area contributed by atoms with E-state index >= 15 is 0 Å². The molecule has 0 atom stereocenters. The maximum atomic E-state index is 5.75. The molecule has 1 aromatic rings. The summed E-state index contributed by atoms with van der Waals surface area (Å²) in [6.45, 7) is 2.72. The highest BCUT2D eigenvalue weighted by atomic mass is 32.2. The molecule has 0 aromatic heterocycles. The highest BCUT2D eigenvalue weighted by Crippen LogP contribution is 2.36. The van der Waals surface area contributed by atoms with Gasteiger partial charge in [0.1, 0.15) is 5.75 Å². The molecule has 0 aliphatic heterocycles. The van der Waals surface area contributed by atoms with Crippen molar-refractivity contribution in [3.8, 4) is 5.75 Å². The van der Waals surface area contributed by atoms with Crippen LogP contribution in [0.1, 0.15) is 19.8 Å². The van der Waals surface area contributed by atoms with Gasteiger partial charge in [0, 0.05) is 16.2 Å². The van der Waals surface area contributed by atoms with E-state index in [1.807, 2.05) is 30.8 Å². The summed E-state index contributed by atoms with van der Waals surface area (Å²) in [6.07, 6.45) is 2.30. The average Bonchev–Trinajstić information content (AvgIpc) is 2.19.